The van der Waals surface area contributed by atoms with E-state index in [2.05, 4.69) is 28.4 Å². The maximum Gasteiger partial charge on any atom is 0.187 e. The molecule has 3 aromatic rings. The normalized spacial score (nSPS) is 10.7. The Morgan fingerprint density at radius 1 is 1.36 bits per heavy atom. The maximum atomic E-state index is 5.66. The number of anilines is 2. The second kappa shape index (κ2) is 6.19. The average molecular weight is 314 g/mol. The molecule has 5 nitrogen and oxygen atoms in total. The van der Waals surface area contributed by atoms with Gasteiger partial charge in [0.05, 0.1) is 24.2 Å². The van der Waals surface area contributed by atoms with E-state index >= 15 is 0 Å². The van der Waals surface area contributed by atoms with Crippen molar-refractivity contribution in [1.29, 1.82) is 0 Å². The molecule has 0 aliphatic heterocycles. The molecule has 0 spiro atoms. The summed E-state index contributed by atoms with van der Waals surface area (Å²) >= 11 is 1.57. The minimum Gasteiger partial charge on any atom is -0.492 e. The number of hydrogen-bond acceptors (Lipinski definition) is 5. The zero-order valence-electron chi connectivity index (χ0n) is 12.8. The lowest BCUT2D eigenvalue weighted by Crippen LogP contribution is -1.98. The maximum absolute atomic E-state index is 5.66. The van der Waals surface area contributed by atoms with E-state index in [4.69, 9.17) is 4.74 Å². The monoisotopic (exact) mass is 314 g/mol. The van der Waals surface area contributed by atoms with Crippen molar-refractivity contribution in [3.05, 3.63) is 41.5 Å². The van der Waals surface area contributed by atoms with Crippen molar-refractivity contribution in [2.24, 2.45) is 7.05 Å². The van der Waals surface area contributed by atoms with Gasteiger partial charge in [0.1, 0.15) is 5.75 Å². The van der Waals surface area contributed by atoms with Crippen LogP contribution in [0.25, 0.3) is 11.3 Å². The summed E-state index contributed by atoms with van der Waals surface area (Å²) in [4.78, 5) is 4.62. The van der Waals surface area contributed by atoms with E-state index in [1.807, 2.05) is 43.9 Å². The number of nitrogens with one attached hydrogen (secondary N) is 1. The van der Waals surface area contributed by atoms with Gasteiger partial charge in [0, 0.05) is 24.2 Å². The predicted molar refractivity (Wildman–Crippen MR) is 89.9 cm³/mol. The fourth-order valence-electron chi connectivity index (χ4n) is 2.16. The van der Waals surface area contributed by atoms with Gasteiger partial charge in [-0.1, -0.05) is 6.07 Å². The summed E-state index contributed by atoms with van der Waals surface area (Å²) in [5.74, 6) is 0.839. The second-order valence-corrected chi connectivity index (χ2v) is 5.86. The van der Waals surface area contributed by atoms with Crippen molar-refractivity contribution in [3.8, 4) is 17.0 Å². The molecule has 6 heteroatoms. The summed E-state index contributed by atoms with van der Waals surface area (Å²) in [5.41, 5.74) is 4.05. The molecule has 1 N–H and O–H groups in total. The molecule has 0 bridgehead atoms. The van der Waals surface area contributed by atoms with Crippen molar-refractivity contribution in [2.75, 3.05) is 11.9 Å². The molecule has 0 radical (unpaired) electrons. The highest BCUT2D eigenvalue weighted by molar-refractivity contribution is 7.14. The molecular weight excluding hydrogens is 296 g/mol. The summed E-state index contributed by atoms with van der Waals surface area (Å²) < 4.78 is 7.43. The Bertz CT molecular complexity index is 778. The highest BCUT2D eigenvalue weighted by atomic mass is 32.1. The van der Waals surface area contributed by atoms with Crippen LogP contribution in [0.4, 0.5) is 10.8 Å². The Balaban J connectivity index is 1.85. The molecule has 22 heavy (non-hydrogen) atoms. The van der Waals surface area contributed by atoms with Gasteiger partial charge in [-0.2, -0.15) is 5.10 Å². The SMILES string of the molecule is CCOc1ccc(C)cc1Nc1nc(-c2cnn(C)c2)cs1. The van der Waals surface area contributed by atoms with Crippen LogP contribution >= 0.6 is 11.3 Å². The molecule has 0 unspecified atom stereocenters. The van der Waals surface area contributed by atoms with Crippen LogP contribution in [-0.2, 0) is 7.05 Å². The molecule has 114 valence electrons. The van der Waals surface area contributed by atoms with Crippen LogP contribution in [0.1, 0.15) is 12.5 Å². The van der Waals surface area contributed by atoms with E-state index in [1.54, 1.807) is 16.0 Å². The second-order valence-electron chi connectivity index (χ2n) is 5.00. The molecule has 0 saturated heterocycles. The van der Waals surface area contributed by atoms with Crippen molar-refractivity contribution < 1.29 is 4.74 Å². The van der Waals surface area contributed by atoms with Crippen LogP contribution in [0.3, 0.4) is 0 Å². The number of nitrogens with zero attached hydrogens (tertiary/aromatic N) is 3. The van der Waals surface area contributed by atoms with Crippen LogP contribution in [0, 0.1) is 6.92 Å². The van der Waals surface area contributed by atoms with Crippen LogP contribution in [0.2, 0.25) is 0 Å². The van der Waals surface area contributed by atoms with E-state index < -0.39 is 0 Å². The highest BCUT2D eigenvalue weighted by Gasteiger charge is 2.09. The number of aromatic nitrogens is 3. The van der Waals surface area contributed by atoms with E-state index in [-0.39, 0.29) is 0 Å². The quantitative estimate of drug-likeness (QED) is 0.773. The van der Waals surface area contributed by atoms with Gasteiger partial charge in [-0.25, -0.2) is 4.98 Å². The number of benzene rings is 1. The van der Waals surface area contributed by atoms with Gasteiger partial charge >= 0.3 is 0 Å². The number of rotatable bonds is 5. The zero-order chi connectivity index (χ0) is 15.5. The lowest BCUT2D eigenvalue weighted by molar-refractivity contribution is 0.342. The Labute approximate surface area is 133 Å². The molecule has 1 aromatic carbocycles. The molecule has 0 fully saturated rings. The standard InChI is InChI=1S/C16H18N4OS/c1-4-21-15-6-5-11(2)7-13(15)18-16-19-14(10-22-16)12-8-17-20(3)9-12/h5-10H,4H2,1-3H3,(H,18,19). The van der Waals surface area contributed by atoms with E-state index in [0.29, 0.717) is 6.61 Å². The number of ether oxygens (including phenoxy) is 1. The molecule has 0 amide bonds. The lowest BCUT2D eigenvalue weighted by Gasteiger charge is -2.11. The van der Waals surface area contributed by atoms with Crippen molar-refractivity contribution in [1.82, 2.24) is 14.8 Å². The molecule has 0 aliphatic carbocycles. The topological polar surface area (TPSA) is 52.0 Å². The number of hydrogen-bond donors (Lipinski definition) is 1. The minimum absolute atomic E-state index is 0.635. The van der Waals surface area contributed by atoms with Crippen LogP contribution in [-0.4, -0.2) is 21.4 Å². The van der Waals surface area contributed by atoms with Crippen LogP contribution in [0.5, 0.6) is 5.75 Å². The zero-order valence-corrected chi connectivity index (χ0v) is 13.6. The predicted octanol–water partition coefficient (Wildman–Crippen LogP) is 3.99. The first-order valence-electron chi connectivity index (χ1n) is 7.10. The molecule has 2 aromatic heterocycles. The number of thiazole rings is 1. The van der Waals surface area contributed by atoms with Gasteiger partial charge in [0.2, 0.25) is 0 Å². The smallest absolute Gasteiger partial charge is 0.187 e. The van der Waals surface area contributed by atoms with Crippen molar-refractivity contribution in [2.45, 2.75) is 13.8 Å². The molecule has 0 atom stereocenters. The van der Waals surface area contributed by atoms with Crippen LogP contribution in [0.15, 0.2) is 36.0 Å². The van der Waals surface area contributed by atoms with E-state index in [9.17, 15) is 0 Å². The Morgan fingerprint density at radius 3 is 2.95 bits per heavy atom. The number of aryl methyl sites for hydroxylation is 2. The van der Waals surface area contributed by atoms with Gasteiger partial charge in [0.15, 0.2) is 5.13 Å². The van der Waals surface area contributed by atoms with Crippen molar-refractivity contribution in [3.63, 3.8) is 0 Å². The summed E-state index contributed by atoms with van der Waals surface area (Å²) in [6, 6.07) is 6.09. The van der Waals surface area contributed by atoms with E-state index in [1.165, 1.54) is 5.56 Å². The molecular formula is C16H18N4OS. The fraction of sp³-hybridized carbons (Fsp3) is 0.250. The Kier molecular flexibility index (Phi) is 4.11. The molecule has 3 rings (SSSR count). The van der Waals surface area contributed by atoms with E-state index in [0.717, 1.165) is 27.8 Å². The fourth-order valence-corrected chi connectivity index (χ4v) is 2.89. The minimum atomic E-state index is 0.635. The summed E-state index contributed by atoms with van der Waals surface area (Å²) in [6.07, 6.45) is 3.77. The first-order chi connectivity index (χ1) is 10.7. The van der Waals surface area contributed by atoms with Gasteiger partial charge in [-0.05, 0) is 31.5 Å². The van der Waals surface area contributed by atoms with Gasteiger partial charge in [0.25, 0.3) is 0 Å². The molecule has 0 saturated carbocycles. The highest BCUT2D eigenvalue weighted by Crippen LogP contribution is 2.32. The third-order valence-electron chi connectivity index (χ3n) is 3.18. The lowest BCUT2D eigenvalue weighted by atomic mass is 10.2. The summed E-state index contributed by atoms with van der Waals surface area (Å²) in [5, 5.41) is 10.4. The largest absolute Gasteiger partial charge is 0.492 e. The Morgan fingerprint density at radius 2 is 2.23 bits per heavy atom. The third-order valence-corrected chi connectivity index (χ3v) is 3.94. The summed E-state index contributed by atoms with van der Waals surface area (Å²) in [7, 11) is 1.90. The van der Waals surface area contributed by atoms with Gasteiger partial charge in [-0.15, -0.1) is 11.3 Å². The van der Waals surface area contributed by atoms with Gasteiger partial charge < -0.3 is 10.1 Å². The Hall–Kier alpha value is -2.34. The third kappa shape index (κ3) is 3.12. The summed E-state index contributed by atoms with van der Waals surface area (Å²) in [6.45, 7) is 4.67. The molecule has 2 heterocycles. The van der Waals surface area contributed by atoms with Crippen LogP contribution < -0.4 is 10.1 Å². The first-order valence-corrected chi connectivity index (χ1v) is 7.98. The van der Waals surface area contributed by atoms with Gasteiger partial charge in [-0.3, -0.25) is 4.68 Å². The molecule has 0 aliphatic rings. The van der Waals surface area contributed by atoms with Crippen molar-refractivity contribution >= 4 is 22.2 Å². The average Bonchev–Trinajstić information content (AvgIpc) is 3.11. The first kappa shape index (κ1) is 14.6.